The van der Waals surface area contributed by atoms with Gasteiger partial charge in [0.1, 0.15) is 17.5 Å². The summed E-state index contributed by atoms with van der Waals surface area (Å²) in [6.07, 6.45) is 1.37. The molecule has 0 aliphatic rings. The number of amides is 1. The highest BCUT2D eigenvalue weighted by Gasteiger charge is 2.11. The van der Waals surface area contributed by atoms with Gasteiger partial charge in [0, 0.05) is 5.56 Å². The fourth-order valence-electron chi connectivity index (χ4n) is 1.76. The third kappa shape index (κ3) is 2.38. The van der Waals surface area contributed by atoms with E-state index in [2.05, 4.69) is 15.5 Å². The van der Waals surface area contributed by atoms with Crippen LogP contribution in [0.4, 0.5) is 5.82 Å². The molecule has 0 unspecified atom stereocenters. The van der Waals surface area contributed by atoms with E-state index in [1.54, 1.807) is 12.1 Å². The lowest BCUT2D eigenvalue weighted by Crippen LogP contribution is -2.13. The van der Waals surface area contributed by atoms with Gasteiger partial charge in [0.15, 0.2) is 0 Å². The highest BCUT2D eigenvalue weighted by molar-refractivity contribution is 6.04. The molecule has 0 radical (unpaired) electrons. The van der Waals surface area contributed by atoms with Crippen molar-refractivity contribution in [3.63, 3.8) is 0 Å². The van der Waals surface area contributed by atoms with Gasteiger partial charge >= 0.3 is 0 Å². The Bertz CT molecular complexity index is 616. The third-order valence-corrected chi connectivity index (χ3v) is 2.48. The number of rotatable bonds is 2. The number of aromatic nitrogens is 2. The number of aromatic amines is 1. The summed E-state index contributed by atoms with van der Waals surface area (Å²) in [4.78, 5) is 12.0. The van der Waals surface area contributed by atoms with Crippen molar-refractivity contribution in [3.05, 3.63) is 46.6 Å². The second-order valence-electron chi connectivity index (χ2n) is 4.10. The lowest BCUT2D eigenvalue weighted by molar-refractivity contribution is 0.102. The molecule has 1 aromatic carbocycles. The van der Waals surface area contributed by atoms with Crippen molar-refractivity contribution in [2.24, 2.45) is 0 Å². The van der Waals surface area contributed by atoms with Crippen LogP contribution < -0.4 is 5.32 Å². The largest absolute Gasteiger partial charge is 0.306 e. The van der Waals surface area contributed by atoms with Crippen LogP contribution in [0.3, 0.4) is 0 Å². The number of nitriles is 1. The number of H-pyrrole nitrogens is 1. The quantitative estimate of drug-likeness (QED) is 0.843. The van der Waals surface area contributed by atoms with E-state index in [0.29, 0.717) is 16.9 Å². The molecule has 0 atom stereocenters. The number of nitrogens with zero attached hydrogens (tertiary/aromatic N) is 2. The molecule has 1 aromatic heterocycles. The van der Waals surface area contributed by atoms with E-state index in [1.165, 1.54) is 6.20 Å². The number of carbonyl (C=O) groups is 1. The Hall–Kier alpha value is -2.61. The second-order valence-corrected chi connectivity index (χ2v) is 4.10. The van der Waals surface area contributed by atoms with Crippen LogP contribution in [0.2, 0.25) is 0 Å². The number of nitrogens with one attached hydrogen (secondary N) is 2. The predicted molar refractivity (Wildman–Crippen MR) is 67.2 cm³/mol. The number of hydrogen-bond donors (Lipinski definition) is 2. The van der Waals surface area contributed by atoms with Gasteiger partial charge in [-0.05, 0) is 26.0 Å². The van der Waals surface area contributed by atoms with Crippen LogP contribution in [-0.2, 0) is 0 Å². The molecule has 0 saturated carbocycles. The van der Waals surface area contributed by atoms with E-state index in [-0.39, 0.29) is 5.91 Å². The minimum atomic E-state index is -0.262. The molecule has 0 bridgehead atoms. The fourth-order valence-corrected chi connectivity index (χ4v) is 1.76. The molecule has 0 aliphatic carbocycles. The second kappa shape index (κ2) is 4.72. The van der Waals surface area contributed by atoms with Crippen molar-refractivity contribution in [2.45, 2.75) is 13.8 Å². The van der Waals surface area contributed by atoms with Crippen LogP contribution in [0.25, 0.3) is 0 Å². The topological polar surface area (TPSA) is 81.6 Å². The molecule has 2 N–H and O–H groups in total. The summed E-state index contributed by atoms with van der Waals surface area (Å²) >= 11 is 0. The smallest absolute Gasteiger partial charge is 0.256 e. The molecule has 0 spiro atoms. The third-order valence-electron chi connectivity index (χ3n) is 2.48. The SMILES string of the molecule is Cc1cc(C)cc(C(=O)Nc2[nH]ncc2C#N)c1. The molecule has 18 heavy (non-hydrogen) atoms. The monoisotopic (exact) mass is 240 g/mol. The van der Waals surface area contributed by atoms with Crippen LogP contribution in [0.15, 0.2) is 24.4 Å². The molecule has 5 heteroatoms. The minimum absolute atomic E-state index is 0.262. The first kappa shape index (κ1) is 11.9. The first-order chi connectivity index (χ1) is 8.60. The molecule has 5 nitrogen and oxygen atoms in total. The molecule has 0 aliphatic heterocycles. The number of carbonyl (C=O) groups excluding carboxylic acids is 1. The summed E-state index contributed by atoms with van der Waals surface area (Å²) in [6.45, 7) is 3.86. The molecule has 0 saturated heterocycles. The standard InChI is InChI=1S/C13H12N4O/c1-8-3-9(2)5-10(4-8)13(18)16-12-11(6-14)7-15-17-12/h3-5,7H,1-2H3,(H2,15,16,17,18). The maximum atomic E-state index is 12.0. The van der Waals surface area contributed by atoms with Crippen molar-refractivity contribution in [2.75, 3.05) is 5.32 Å². The van der Waals surface area contributed by atoms with Crippen LogP contribution in [0.5, 0.6) is 0 Å². The van der Waals surface area contributed by atoms with Crippen molar-refractivity contribution in [3.8, 4) is 6.07 Å². The van der Waals surface area contributed by atoms with Crippen LogP contribution in [-0.4, -0.2) is 16.1 Å². The van der Waals surface area contributed by atoms with E-state index in [9.17, 15) is 4.79 Å². The summed E-state index contributed by atoms with van der Waals surface area (Å²) in [5.41, 5.74) is 2.91. The van der Waals surface area contributed by atoms with E-state index in [1.807, 2.05) is 26.0 Å². The minimum Gasteiger partial charge on any atom is -0.306 e. The van der Waals surface area contributed by atoms with Crippen molar-refractivity contribution >= 4 is 11.7 Å². The fraction of sp³-hybridized carbons (Fsp3) is 0.154. The van der Waals surface area contributed by atoms with Crippen LogP contribution in [0.1, 0.15) is 27.0 Å². The molecule has 1 heterocycles. The number of hydrogen-bond acceptors (Lipinski definition) is 3. The van der Waals surface area contributed by atoms with Gasteiger partial charge in [0.05, 0.1) is 6.20 Å². The van der Waals surface area contributed by atoms with Gasteiger partial charge in [-0.3, -0.25) is 9.89 Å². The average molecular weight is 240 g/mol. The zero-order chi connectivity index (χ0) is 13.1. The van der Waals surface area contributed by atoms with Gasteiger partial charge in [0.2, 0.25) is 0 Å². The summed E-state index contributed by atoms with van der Waals surface area (Å²) in [6, 6.07) is 7.53. The van der Waals surface area contributed by atoms with Crippen LogP contribution >= 0.6 is 0 Å². The van der Waals surface area contributed by atoms with Gasteiger partial charge in [-0.25, -0.2) is 0 Å². The first-order valence-electron chi connectivity index (χ1n) is 5.43. The zero-order valence-corrected chi connectivity index (χ0v) is 10.1. The molecule has 2 aromatic rings. The van der Waals surface area contributed by atoms with Gasteiger partial charge in [-0.2, -0.15) is 10.4 Å². The van der Waals surface area contributed by atoms with E-state index < -0.39 is 0 Å². The number of aryl methyl sites for hydroxylation is 2. The Labute approximate surface area is 104 Å². The van der Waals surface area contributed by atoms with Crippen LogP contribution in [0, 0.1) is 25.2 Å². The summed E-state index contributed by atoms with van der Waals surface area (Å²) in [5.74, 6) is 0.0595. The Morgan fingerprint density at radius 2 is 2.00 bits per heavy atom. The molecule has 1 amide bonds. The lowest BCUT2D eigenvalue weighted by Gasteiger charge is -2.05. The Balaban J connectivity index is 2.25. The zero-order valence-electron chi connectivity index (χ0n) is 10.1. The van der Waals surface area contributed by atoms with Gasteiger partial charge in [0.25, 0.3) is 5.91 Å². The number of anilines is 1. The molecular formula is C13H12N4O. The Kier molecular flexibility index (Phi) is 3.11. The summed E-state index contributed by atoms with van der Waals surface area (Å²) in [7, 11) is 0. The summed E-state index contributed by atoms with van der Waals surface area (Å²) < 4.78 is 0. The molecule has 90 valence electrons. The summed E-state index contributed by atoms with van der Waals surface area (Å²) in [5, 5.41) is 17.7. The molecular weight excluding hydrogens is 228 g/mol. The highest BCUT2D eigenvalue weighted by Crippen LogP contribution is 2.13. The van der Waals surface area contributed by atoms with Crippen molar-refractivity contribution in [1.82, 2.24) is 10.2 Å². The maximum Gasteiger partial charge on any atom is 0.256 e. The van der Waals surface area contributed by atoms with E-state index in [4.69, 9.17) is 5.26 Å². The maximum absolute atomic E-state index is 12.0. The highest BCUT2D eigenvalue weighted by atomic mass is 16.1. The number of benzene rings is 1. The lowest BCUT2D eigenvalue weighted by atomic mass is 10.1. The van der Waals surface area contributed by atoms with Gasteiger partial charge < -0.3 is 5.32 Å². The first-order valence-corrected chi connectivity index (χ1v) is 5.43. The molecule has 0 fully saturated rings. The van der Waals surface area contributed by atoms with E-state index in [0.717, 1.165) is 11.1 Å². The normalized spacial score (nSPS) is 9.83. The van der Waals surface area contributed by atoms with Gasteiger partial charge in [-0.1, -0.05) is 17.2 Å². The van der Waals surface area contributed by atoms with Gasteiger partial charge in [-0.15, -0.1) is 0 Å². The molecule has 2 rings (SSSR count). The predicted octanol–water partition coefficient (Wildman–Crippen LogP) is 2.15. The Morgan fingerprint density at radius 1 is 1.33 bits per heavy atom. The van der Waals surface area contributed by atoms with E-state index >= 15 is 0 Å². The Morgan fingerprint density at radius 3 is 2.61 bits per heavy atom. The van der Waals surface area contributed by atoms with Crippen molar-refractivity contribution in [1.29, 1.82) is 5.26 Å². The average Bonchev–Trinajstić information content (AvgIpc) is 2.75. The van der Waals surface area contributed by atoms with Crippen molar-refractivity contribution < 1.29 is 4.79 Å².